The fraction of sp³-hybridized carbons (Fsp3) is 0.286. The lowest BCUT2D eigenvalue weighted by atomic mass is 10.1. The highest BCUT2D eigenvalue weighted by atomic mass is 79.9. The molecule has 96 valence electrons. The molecule has 2 N–H and O–H groups in total. The molecule has 1 heterocycles. The van der Waals surface area contributed by atoms with E-state index in [4.69, 9.17) is 9.52 Å². The summed E-state index contributed by atoms with van der Waals surface area (Å²) in [5.74, 6) is 1.43. The highest BCUT2D eigenvalue weighted by Crippen LogP contribution is 2.18. The Kier molecular flexibility index (Phi) is 4.58. The Morgan fingerprint density at radius 3 is 2.72 bits per heavy atom. The minimum Gasteiger partial charge on any atom is -0.462 e. The monoisotopic (exact) mass is 309 g/mol. The van der Waals surface area contributed by atoms with Crippen molar-refractivity contribution < 1.29 is 9.52 Å². The molecule has 2 aromatic rings. The second-order valence-electron chi connectivity index (χ2n) is 4.18. The van der Waals surface area contributed by atoms with Crippen molar-refractivity contribution in [2.45, 2.75) is 26.1 Å². The Hall–Kier alpha value is -1.10. The average molecular weight is 310 g/mol. The largest absolute Gasteiger partial charge is 0.462 e. The van der Waals surface area contributed by atoms with Crippen LogP contribution in [0.5, 0.6) is 0 Å². The third kappa shape index (κ3) is 3.45. The molecule has 0 bridgehead atoms. The highest BCUT2D eigenvalue weighted by molar-refractivity contribution is 9.10. The fourth-order valence-corrected chi connectivity index (χ4v) is 2.17. The summed E-state index contributed by atoms with van der Waals surface area (Å²) in [7, 11) is 0. The summed E-state index contributed by atoms with van der Waals surface area (Å²) < 4.78 is 6.50. The van der Waals surface area contributed by atoms with Crippen molar-refractivity contribution >= 4 is 15.9 Å². The molecule has 0 radical (unpaired) electrons. The van der Waals surface area contributed by atoms with Crippen LogP contribution in [-0.4, -0.2) is 5.11 Å². The molecule has 0 aliphatic carbocycles. The number of hydrogen-bond acceptors (Lipinski definition) is 3. The van der Waals surface area contributed by atoms with Crippen LogP contribution in [0.2, 0.25) is 0 Å². The molecular formula is C14H16BrNO2. The summed E-state index contributed by atoms with van der Waals surface area (Å²) in [5.41, 5.74) is 1.22. The summed E-state index contributed by atoms with van der Waals surface area (Å²) >= 11 is 3.47. The maximum Gasteiger partial charge on any atom is 0.129 e. The zero-order valence-corrected chi connectivity index (χ0v) is 11.8. The Morgan fingerprint density at radius 2 is 2.06 bits per heavy atom. The molecule has 0 fully saturated rings. The van der Waals surface area contributed by atoms with Crippen molar-refractivity contribution in [2.24, 2.45) is 0 Å². The SMILES string of the molecule is C[C@H](NCc1ccc(CO)o1)c1cccc(Br)c1. The van der Waals surface area contributed by atoms with Crippen LogP contribution < -0.4 is 5.32 Å². The Balaban J connectivity index is 1.93. The molecule has 4 heteroatoms. The van der Waals surface area contributed by atoms with E-state index in [1.165, 1.54) is 5.56 Å². The molecule has 0 saturated carbocycles. The van der Waals surface area contributed by atoms with Crippen molar-refractivity contribution in [2.75, 3.05) is 0 Å². The number of aliphatic hydroxyl groups excluding tert-OH is 1. The van der Waals surface area contributed by atoms with E-state index in [0.29, 0.717) is 12.3 Å². The van der Waals surface area contributed by atoms with Gasteiger partial charge in [-0.05, 0) is 36.8 Å². The van der Waals surface area contributed by atoms with Gasteiger partial charge in [0, 0.05) is 10.5 Å². The first-order valence-corrected chi connectivity index (χ1v) is 6.65. The maximum absolute atomic E-state index is 8.92. The molecule has 0 spiro atoms. The molecule has 2 rings (SSSR count). The predicted octanol–water partition coefficient (Wildman–Crippen LogP) is 3.39. The van der Waals surface area contributed by atoms with Gasteiger partial charge in [0.2, 0.25) is 0 Å². The second-order valence-corrected chi connectivity index (χ2v) is 5.10. The van der Waals surface area contributed by atoms with E-state index in [1.807, 2.05) is 18.2 Å². The van der Waals surface area contributed by atoms with E-state index in [-0.39, 0.29) is 12.6 Å². The molecule has 3 nitrogen and oxygen atoms in total. The third-order valence-corrected chi connectivity index (χ3v) is 3.30. The van der Waals surface area contributed by atoms with Gasteiger partial charge in [-0.2, -0.15) is 0 Å². The average Bonchev–Trinajstić information content (AvgIpc) is 2.84. The molecule has 18 heavy (non-hydrogen) atoms. The van der Waals surface area contributed by atoms with Crippen LogP contribution in [-0.2, 0) is 13.2 Å². The van der Waals surface area contributed by atoms with E-state index in [1.54, 1.807) is 6.07 Å². The summed E-state index contributed by atoms with van der Waals surface area (Å²) in [6.07, 6.45) is 0. The molecule has 1 aromatic heterocycles. The zero-order valence-electron chi connectivity index (χ0n) is 10.2. The quantitative estimate of drug-likeness (QED) is 0.890. The number of rotatable bonds is 5. The zero-order chi connectivity index (χ0) is 13.0. The third-order valence-electron chi connectivity index (χ3n) is 2.80. The van der Waals surface area contributed by atoms with Crippen molar-refractivity contribution in [3.05, 3.63) is 58.0 Å². The fourth-order valence-electron chi connectivity index (χ4n) is 1.75. The smallest absolute Gasteiger partial charge is 0.129 e. The first kappa shape index (κ1) is 13.3. The summed E-state index contributed by atoms with van der Waals surface area (Å²) in [5, 5.41) is 12.3. The Labute approximate surface area is 115 Å². The number of furan rings is 1. The van der Waals surface area contributed by atoms with Gasteiger partial charge in [-0.1, -0.05) is 28.1 Å². The van der Waals surface area contributed by atoms with Crippen molar-refractivity contribution in [3.8, 4) is 0 Å². The highest BCUT2D eigenvalue weighted by Gasteiger charge is 2.07. The van der Waals surface area contributed by atoms with E-state index >= 15 is 0 Å². The number of aliphatic hydroxyl groups is 1. The van der Waals surface area contributed by atoms with Crippen LogP contribution in [0.15, 0.2) is 45.3 Å². The molecule has 0 saturated heterocycles. The lowest BCUT2D eigenvalue weighted by Crippen LogP contribution is -2.17. The summed E-state index contributed by atoms with van der Waals surface area (Å²) in [6.45, 7) is 2.70. The standard InChI is InChI=1S/C14H16BrNO2/c1-10(11-3-2-4-12(15)7-11)16-8-13-5-6-14(9-17)18-13/h2-7,10,16-17H,8-9H2,1H3/t10-/m0/s1. The van der Waals surface area contributed by atoms with Gasteiger partial charge in [0.25, 0.3) is 0 Å². The van der Waals surface area contributed by atoms with Gasteiger partial charge in [-0.15, -0.1) is 0 Å². The van der Waals surface area contributed by atoms with Gasteiger partial charge in [-0.25, -0.2) is 0 Å². The van der Waals surface area contributed by atoms with Gasteiger partial charge in [0.05, 0.1) is 6.54 Å². The Bertz CT molecular complexity index is 510. The van der Waals surface area contributed by atoms with Crippen LogP contribution in [0, 0.1) is 0 Å². The normalized spacial score (nSPS) is 12.6. The van der Waals surface area contributed by atoms with E-state index in [9.17, 15) is 0 Å². The van der Waals surface area contributed by atoms with Gasteiger partial charge in [-0.3, -0.25) is 0 Å². The number of nitrogens with one attached hydrogen (secondary N) is 1. The topological polar surface area (TPSA) is 45.4 Å². The van der Waals surface area contributed by atoms with E-state index in [2.05, 4.69) is 40.3 Å². The molecule has 0 aliphatic rings. The van der Waals surface area contributed by atoms with Crippen molar-refractivity contribution in [1.29, 1.82) is 0 Å². The first-order chi connectivity index (χ1) is 8.69. The van der Waals surface area contributed by atoms with Gasteiger partial charge in [0.15, 0.2) is 0 Å². The summed E-state index contributed by atoms with van der Waals surface area (Å²) in [6, 6.07) is 12.1. The molecule has 1 atom stereocenters. The first-order valence-electron chi connectivity index (χ1n) is 5.86. The molecule has 0 amide bonds. The van der Waals surface area contributed by atoms with Gasteiger partial charge in [0.1, 0.15) is 18.1 Å². The van der Waals surface area contributed by atoms with E-state index in [0.717, 1.165) is 10.2 Å². The van der Waals surface area contributed by atoms with Crippen LogP contribution in [0.1, 0.15) is 30.0 Å². The van der Waals surface area contributed by atoms with Crippen LogP contribution in [0.25, 0.3) is 0 Å². The van der Waals surface area contributed by atoms with Crippen LogP contribution in [0.4, 0.5) is 0 Å². The predicted molar refractivity (Wildman–Crippen MR) is 74.0 cm³/mol. The lowest BCUT2D eigenvalue weighted by Gasteiger charge is -2.13. The summed E-state index contributed by atoms with van der Waals surface area (Å²) in [4.78, 5) is 0. The number of halogens is 1. The lowest BCUT2D eigenvalue weighted by molar-refractivity contribution is 0.242. The van der Waals surface area contributed by atoms with Crippen molar-refractivity contribution in [3.63, 3.8) is 0 Å². The maximum atomic E-state index is 8.92. The van der Waals surface area contributed by atoms with Crippen molar-refractivity contribution in [1.82, 2.24) is 5.32 Å². The van der Waals surface area contributed by atoms with E-state index < -0.39 is 0 Å². The van der Waals surface area contributed by atoms with Crippen LogP contribution >= 0.6 is 15.9 Å². The Morgan fingerprint density at radius 1 is 1.28 bits per heavy atom. The molecular weight excluding hydrogens is 294 g/mol. The molecule has 1 aromatic carbocycles. The second kappa shape index (κ2) is 6.18. The van der Waals surface area contributed by atoms with Crippen LogP contribution in [0.3, 0.4) is 0 Å². The van der Waals surface area contributed by atoms with Gasteiger partial charge >= 0.3 is 0 Å². The van der Waals surface area contributed by atoms with Gasteiger partial charge < -0.3 is 14.8 Å². The minimum absolute atomic E-state index is 0.0544. The minimum atomic E-state index is -0.0544. The molecule has 0 aliphatic heterocycles. The number of hydrogen-bond donors (Lipinski definition) is 2. The molecule has 0 unspecified atom stereocenters. The number of benzene rings is 1.